The molecule has 0 fully saturated rings. The Morgan fingerprint density at radius 1 is 0.700 bits per heavy atom. The molecule has 0 N–H and O–H groups in total. The zero-order chi connectivity index (χ0) is 21.1. The van der Waals surface area contributed by atoms with Crippen LogP contribution in [0.5, 0.6) is 0 Å². The van der Waals surface area contributed by atoms with Crippen LogP contribution >= 0.6 is 0 Å². The molecule has 0 saturated carbocycles. The third-order valence-electron chi connectivity index (χ3n) is 5.58. The predicted molar refractivity (Wildman–Crippen MR) is 130 cm³/mol. The van der Waals surface area contributed by atoms with Gasteiger partial charge in [0.25, 0.3) is 0 Å². The van der Waals surface area contributed by atoms with Crippen molar-refractivity contribution >= 4 is 23.3 Å². The Bertz CT molecular complexity index is 837. The minimum absolute atomic E-state index is 0. The van der Waals surface area contributed by atoms with Crippen molar-refractivity contribution in [3.8, 4) is 0 Å². The fourth-order valence-corrected chi connectivity index (χ4v) is 3.74. The molecule has 0 bridgehead atoms. The number of hydrogen-bond donors (Lipinski definition) is 0. The number of unbranched alkanes of at least 4 members (excludes halogenated alkanes) is 2. The van der Waals surface area contributed by atoms with Crippen LogP contribution in [0.25, 0.3) is 0 Å². The van der Waals surface area contributed by atoms with Gasteiger partial charge in [0.05, 0.1) is 17.1 Å². The summed E-state index contributed by atoms with van der Waals surface area (Å²) in [7, 11) is 0. The Balaban J connectivity index is 0.00000450. The normalized spacial score (nSPS) is 11.7. The second-order valence-corrected chi connectivity index (χ2v) is 7.64. The van der Waals surface area contributed by atoms with E-state index in [1.165, 1.54) is 35.1 Å². The van der Waals surface area contributed by atoms with Crippen molar-refractivity contribution in [2.75, 3.05) is 0 Å². The van der Waals surface area contributed by atoms with E-state index in [4.69, 9.17) is 9.98 Å². The molecule has 3 heteroatoms. The van der Waals surface area contributed by atoms with Gasteiger partial charge in [0.2, 0.25) is 0 Å². The number of aliphatic imine (C=N–C) groups is 2. The van der Waals surface area contributed by atoms with E-state index < -0.39 is 0 Å². The van der Waals surface area contributed by atoms with Gasteiger partial charge in [0, 0.05) is 22.7 Å². The van der Waals surface area contributed by atoms with Gasteiger partial charge < -0.3 is 0 Å². The molecule has 0 aliphatic heterocycles. The van der Waals surface area contributed by atoms with Gasteiger partial charge in [-0.15, -0.1) is 0 Å². The molecule has 0 unspecified atom stereocenters. The van der Waals surface area contributed by atoms with Gasteiger partial charge in [-0.05, 0) is 85.0 Å². The summed E-state index contributed by atoms with van der Waals surface area (Å²) < 4.78 is 0. The maximum atomic E-state index is 4.97. The maximum Gasteiger partial charge on any atom is 0.0636 e. The summed E-state index contributed by atoms with van der Waals surface area (Å²) in [5.74, 6) is 0. The van der Waals surface area contributed by atoms with Crippen LogP contribution in [0.1, 0.15) is 82.6 Å². The Morgan fingerprint density at radius 2 is 1.23 bits per heavy atom. The van der Waals surface area contributed by atoms with Crippen molar-refractivity contribution in [3.63, 3.8) is 0 Å². The average Bonchev–Trinajstić information content (AvgIpc) is 2.76. The van der Waals surface area contributed by atoms with E-state index in [1.807, 2.05) is 6.21 Å². The summed E-state index contributed by atoms with van der Waals surface area (Å²) in [6.45, 7) is 11.1. The molecule has 0 atom stereocenters. The van der Waals surface area contributed by atoms with Gasteiger partial charge in [-0.3, -0.25) is 9.98 Å². The number of benzene rings is 2. The van der Waals surface area contributed by atoms with Crippen molar-refractivity contribution in [3.05, 3.63) is 58.7 Å². The molecule has 2 aromatic carbocycles. The summed E-state index contributed by atoms with van der Waals surface area (Å²) in [5.41, 5.74) is 8.80. The van der Waals surface area contributed by atoms with Crippen LogP contribution in [0, 0.1) is 0 Å². The molecule has 2 nitrogen and oxygen atoms in total. The molecule has 0 spiro atoms. The van der Waals surface area contributed by atoms with Gasteiger partial charge in [0.1, 0.15) is 0 Å². The van der Waals surface area contributed by atoms with Crippen molar-refractivity contribution in [1.82, 2.24) is 0 Å². The molecule has 0 heterocycles. The monoisotopic (exact) mass is 448 g/mol. The third-order valence-corrected chi connectivity index (χ3v) is 5.58. The number of rotatable bonds is 11. The zero-order valence-electron chi connectivity index (χ0n) is 19.4. The average molecular weight is 449 g/mol. The minimum atomic E-state index is 0. The summed E-state index contributed by atoms with van der Waals surface area (Å²) >= 11 is 0. The summed E-state index contributed by atoms with van der Waals surface area (Å²) in [6.07, 6.45) is 10.8. The maximum absolute atomic E-state index is 4.97. The standard InChI is InChI=1S/C27H38N2.Ni/c1-6-11-12-13-27(29-26-17-15-22(8-3)24(10-5)19-26)20-28-25-16-14-21(7-2)23(9-4)18-25;/h14-20H,6-13H2,1-5H3;. The molecule has 2 rings (SSSR count). The van der Waals surface area contributed by atoms with Gasteiger partial charge >= 0.3 is 0 Å². The molecule has 0 saturated heterocycles. The van der Waals surface area contributed by atoms with Crippen LogP contribution in [-0.4, -0.2) is 11.9 Å². The second kappa shape index (κ2) is 14.3. The summed E-state index contributed by atoms with van der Waals surface area (Å²) in [4.78, 5) is 9.76. The zero-order valence-corrected chi connectivity index (χ0v) is 20.4. The smallest absolute Gasteiger partial charge is 0.0636 e. The van der Waals surface area contributed by atoms with Crippen molar-refractivity contribution in [1.29, 1.82) is 0 Å². The first-order valence-corrected chi connectivity index (χ1v) is 11.5. The van der Waals surface area contributed by atoms with E-state index in [0.29, 0.717) is 0 Å². The first kappa shape index (κ1) is 26.3. The van der Waals surface area contributed by atoms with E-state index in [0.717, 1.165) is 55.6 Å². The molecule has 0 aliphatic rings. The molecule has 0 radical (unpaired) electrons. The van der Waals surface area contributed by atoms with E-state index in [2.05, 4.69) is 71.0 Å². The summed E-state index contributed by atoms with van der Waals surface area (Å²) in [6, 6.07) is 13.2. The quantitative estimate of drug-likeness (QED) is 0.189. The van der Waals surface area contributed by atoms with Crippen LogP contribution in [0.3, 0.4) is 0 Å². The second-order valence-electron chi connectivity index (χ2n) is 7.64. The first-order valence-electron chi connectivity index (χ1n) is 11.5. The van der Waals surface area contributed by atoms with Crippen molar-refractivity contribution in [2.45, 2.75) is 86.0 Å². The molecule has 0 aliphatic carbocycles. The fraction of sp³-hybridized carbons (Fsp3) is 0.481. The molecular weight excluding hydrogens is 411 g/mol. The molecule has 0 amide bonds. The van der Waals surface area contributed by atoms with Crippen LogP contribution in [-0.2, 0) is 42.2 Å². The molecule has 2 aromatic rings. The molecular formula is C27H38N2Ni. The number of nitrogens with zero attached hydrogens (tertiary/aromatic N) is 2. The fourth-order valence-electron chi connectivity index (χ4n) is 3.74. The Morgan fingerprint density at radius 3 is 1.77 bits per heavy atom. The van der Waals surface area contributed by atoms with Crippen molar-refractivity contribution in [2.24, 2.45) is 9.98 Å². The Labute approximate surface area is 194 Å². The Hall–Kier alpha value is -1.73. The number of hydrogen-bond acceptors (Lipinski definition) is 2. The van der Waals surface area contributed by atoms with Crippen LogP contribution in [0.15, 0.2) is 46.4 Å². The SMILES string of the molecule is CCCCCC(C=Nc1ccc(CC)c(CC)c1)=Nc1ccc(CC)c(CC)c1.[Ni]. The summed E-state index contributed by atoms with van der Waals surface area (Å²) in [5, 5.41) is 0. The van der Waals surface area contributed by atoms with Gasteiger partial charge in [0.15, 0.2) is 0 Å². The number of aryl methyl sites for hydroxylation is 4. The van der Waals surface area contributed by atoms with Crippen LogP contribution in [0.4, 0.5) is 11.4 Å². The van der Waals surface area contributed by atoms with E-state index >= 15 is 0 Å². The van der Waals surface area contributed by atoms with Gasteiger partial charge in [-0.25, -0.2) is 0 Å². The molecule has 166 valence electrons. The van der Waals surface area contributed by atoms with E-state index in [9.17, 15) is 0 Å². The first-order chi connectivity index (χ1) is 14.1. The largest absolute Gasteiger partial charge is 0.255 e. The molecule has 0 aromatic heterocycles. The minimum Gasteiger partial charge on any atom is -0.255 e. The van der Waals surface area contributed by atoms with E-state index in [1.54, 1.807) is 0 Å². The third kappa shape index (κ3) is 7.84. The molecule has 30 heavy (non-hydrogen) atoms. The van der Waals surface area contributed by atoms with Gasteiger partial charge in [-0.2, -0.15) is 0 Å². The van der Waals surface area contributed by atoms with Crippen molar-refractivity contribution < 1.29 is 16.5 Å². The topological polar surface area (TPSA) is 24.7 Å². The van der Waals surface area contributed by atoms with Crippen LogP contribution in [0.2, 0.25) is 0 Å². The van der Waals surface area contributed by atoms with Gasteiger partial charge in [-0.1, -0.05) is 59.6 Å². The van der Waals surface area contributed by atoms with E-state index in [-0.39, 0.29) is 16.5 Å². The Kier molecular flexibility index (Phi) is 12.5. The predicted octanol–water partition coefficient (Wildman–Crippen LogP) is 7.99. The van der Waals surface area contributed by atoms with Crippen LogP contribution < -0.4 is 0 Å².